The number of benzene rings is 1. The van der Waals surface area contributed by atoms with Gasteiger partial charge in [0, 0.05) is 5.69 Å². The summed E-state index contributed by atoms with van der Waals surface area (Å²) in [5, 5.41) is 11.5. The van der Waals surface area contributed by atoms with Crippen molar-refractivity contribution in [2.45, 2.75) is 6.61 Å². The zero-order valence-electron chi connectivity index (χ0n) is 8.25. The van der Waals surface area contributed by atoms with Gasteiger partial charge in [-0.05, 0) is 17.7 Å². The van der Waals surface area contributed by atoms with E-state index >= 15 is 0 Å². The van der Waals surface area contributed by atoms with E-state index < -0.39 is 0 Å². The first kappa shape index (κ1) is 10.7. The maximum atomic E-state index is 11.6. The zero-order chi connectivity index (χ0) is 11.4. The van der Waals surface area contributed by atoms with E-state index in [1.807, 2.05) is 0 Å². The molecule has 6 heteroatoms. The Hall–Kier alpha value is -1.79. The van der Waals surface area contributed by atoms with Gasteiger partial charge in [-0.15, -0.1) is 0 Å². The molecule has 16 heavy (non-hydrogen) atoms. The number of carbonyl (C=O) groups excluding carboxylic acids is 1. The van der Waals surface area contributed by atoms with Crippen LogP contribution in [-0.4, -0.2) is 19.8 Å². The fraction of sp³-hybridized carbons (Fsp3) is 0.100. The number of hydrogen-bond donors (Lipinski definition) is 2. The van der Waals surface area contributed by atoms with Crippen LogP contribution in [0.3, 0.4) is 0 Å². The second kappa shape index (κ2) is 4.82. The van der Waals surface area contributed by atoms with E-state index in [0.29, 0.717) is 11.4 Å². The number of hydrogen-bond acceptors (Lipinski definition) is 5. The monoisotopic (exact) mass is 235 g/mol. The van der Waals surface area contributed by atoms with Gasteiger partial charge in [0.05, 0.1) is 24.5 Å². The summed E-state index contributed by atoms with van der Waals surface area (Å²) >= 11 is 0.991. The predicted octanol–water partition coefficient (Wildman–Crippen LogP) is 1.28. The molecule has 1 heterocycles. The summed E-state index contributed by atoms with van der Waals surface area (Å²) in [6.45, 7) is -0.00969. The number of nitrogens with one attached hydrogen (secondary N) is 1. The lowest BCUT2D eigenvalue weighted by Gasteiger charge is -2.03. The van der Waals surface area contributed by atoms with Gasteiger partial charge in [-0.2, -0.15) is 8.75 Å². The van der Waals surface area contributed by atoms with Crippen LogP contribution in [0.1, 0.15) is 16.1 Å². The molecule has 0 atom stereocenters. The first-order valence-corrected chi connectivity index (χ1v) is 5.31. The minimum atomic E-state index is -0.287. The van der Waals surface area contributed by atoms with Crippen molar-refractivity contribution in [3.05, 3.63) is 41.7 Å². The van der Waals surface area contributed by atoms with Crippen LogP contribution >= 0.6 is 11.7 Å². The standard InChI is InChI=1S/C10H9N3O2S/c14-6-7-1-3-8(4-2-7)12-10(15)9-5-11-16-13-9/h1-5,14H,6H2,(H,12,15). The van der Waals surface area contributed by atoms with Gasteiger partial charge in [0.25, 0.3) is 5.91 Å². The SMILES string of the molecule is O=C(Nc1ccc(CO)cc1)c1cnsn1. The zero-order valence-corrected chi connectivity index (χ0v) is 9.07. The highest BCUT2D eigenvalue weighted by Gasteiger charge is 2.08. The molecular weight excluding hydrogens is 226 g/mol. The Morgan fingerprint density at radius 2 is 2.12 bits per heavy atom. The van der Waals surface area contributed by atoms with E-state index in [1.54, 1.807) is 24.3 Å². The van der Waals surface area contributed by atoms with Gasteiger partial charge < -0.3 is 10.4 Å². The Balaban J connectivity index is 2.06. The van der Waals surface area contributed by atoms with E-state index in [-0.39, 0.29) is 12.5 Å². The van der Waals surface area contributed by atoms with Gasteiger partial charge in [-0.1, -0.05) is 12.1 Å². The minimum absolute atomic E-state index is 0.00969. The fourth-order valence-corrected chi connectivity index (χ4v) is 1.57. The molecule has 0 unspecified atom stereocenters. The molecule has 5 nitrogen and oxygen atoms in total. The molecule has 0 radical (unpaired) electrons. The van der Waals surface area contributed by atoms with Gasteiger partial charge in [0.15, 0.2) is 5.69 Å². The highest BCUT2D eigenvalue weighted by molar-refractivity contribution is 6.99. The maximum Gasteiger partial charge on any atom is 0.277 e. The van der Waals surface area contributed by atoms with Crippen LogP contribution in [0.2, 0.25) is 0 Å². The second-order valence-corrected chi connectivity index (χ2v) is 3.66. The first-order valence-electron chi connectivity index (χ1n) is 4.58. The summed E-state index contributed by atoms with van der Waals surface area (Å²) < 4.78 is 7.57. The van der Waals surface area contributed by atoms with Gasteiger partial charge in [-0.3, -0.25) is 4.79 Å². The van der Waals surface area contributed by atoms with Gasteiger partial charge in [0.1, 0.15) is 0 Å². The molecule has 82 valence electrons. The molecule has 1 aromatic heterocycles. The Kier molecular flexibility index (Phi) is 3.23. The number of carbonyl (C=O) groups is 1. The molecular formula is C10H9N3O2S. The topological polar surface area (TPSA) is 75.1 Å². The minimum Gasteiger partial charge on any atom is -0.392 e. The molecule has 0 bridgehead atoms. The Bertz CT molecular complexity index is 467. The number of anilines is 1. The summed E-state index contributed by atoms with van der Waals surface area (Å²) in [5.41, 5.74) is 1.76. The molecule has 0 spiro atoms. The van der Waals surface area contributed by atoms with Crippen molar-refractivity contribution in [1.82, 2.24) is 8.75 Å². The maximum absolute atomic E-state index is 11.6. The molecule has 2 rings (SSSR count). The number of aliphatic hydroxyl groups is 1. The van der Waals surface area contributed by atoms with Crippen molar-refractivity contribution >= 4 is 23.3 Å². The second-order valence-electron chi connectivity index (χ2n) is 3.10. The van der Waals surface area contributed by atoms with Gasteiger partial charge in [0.2, 0.25) is 0 Å². The lowest BCUT2D eigenvalue weighted by Crippen LogP contribution is -2.11. The Morgan fingerprint density at radius 3 is 2.69 bits per heavy atom. The van der Waals surface area contributed by atoms with Crippen molar-refractivity contribution in [3.63, 3.8) is 0 Å². The molecule has 0 saturated heterocycles. The van der Waals surface area contributed by atoms with Crippen molar-refractivity contribution in [2.75, 3.05) is 5.32 Å². The van der Waals surface area contributed by atoms with Crippen LogP contribution in [-0.2, 0) is 6.61 Å². The average Bonchev–Trinajstić information content (AvgIpc) is 2.83. The number of nitrogens with zero attached hydrogens (tertiary/aromatic N) is 2. The molecule has 2 N–H and O–H groups in total. The van der Waals surface area contributed by atoms with E-state index in [9.17, 15) is 4.79 Å². The molecule has 0 aliphatic heterocycles. The van der Waals surface area contributed by atoms with Crippen molar-refractivity contribution in [2.24, 2.45) is 0 Å². The Labute approximate surface area is 96.1 Å². The van der Waals surface area contributed by atoms with Gasteiger partial charge >= 0.3 is 0 Å². The number of aromatic nitrogens is 2. The third kappa shape index (κ3) is 2.41. The first-order chi connectivity index (χ1) is 7.79. The van der Waals surface area contributed by atoms with E-state index in [2.05, 4.69) is 14.1 Å². The van der Waals surface area contributed by atoms with Crippen LogP contribution in [0.15, 0.2) is 30.5 Å². The van der Waals surface area contributed by atoms with Crippen LogP contribution in [0.4, 0.5) is 5.69 Å². The van der Waals surface area contributed by atoms with Crippen molar-refractivity contribution in [1.29, 1.82) is 0 Å². The molecule has 0 aliphatic rings. The smallest absolute Gasteiger partial charge is 0.277 e. The van der Waals surface area contributed by atoms with E-state index in [1.165, 1.54) is 6.20 Å². The molecule has 0 fully saturated rings. The van der Waals surface area contributed by atoms with Crippen molar-refractivity contribution < 1.29 is 9.90 Å². The van der Waals surface area contributed by atoms with Crippen molar-refractivity contribution in [3.8, 4) is 0 Å². The lowest BCUT2D eigenvalue weighted by atomic mass is 10.2. The van der Waals surface area contributed by atoms with Crippen LogP contribution < -0.4 is 5.32 Å². The molecule has 0 saturated carbocycles. The number of aliphatic hydroxyl groups excluding tert-OH is 1. The third-order valence-electron chi connectivity index (χ3n) is 1.99. The van der Waals surface area contributed by atoms with Crippen LogP contribution in [0.5, 0.6) is 0 Å². The molecule has 1 aromatic carbocycles. The predicted molar refractivity (Wildman–Crippen MR) is 60.2 cm³/mol. The van der Waals surface area contributed by atoms with E-state index in [0.717, 1.165) is 17.3 Å². The quantitative estimate of drug-likeness (QED) is 0.840. The van der Waals surface area contributed by atoms with Crippen LogP contribution in [0.25, 0.3) is 0 Å². The van der Waals surface area contributed by atoms with Gasteiger partial charge in [-0.25, -0.2) is 0 Å². The lowest BCUT2D eigenvalue weighted by molar-refractivity contribution is 0.102. The summed E-state index contributed by atoms with van der Waals surface area (Å²) in [5.74, 6) is -0.287. The largest absolute Gasteiger partial charge is 0.392 e. The molecule has 0 aliphatic carbocycles. The number of amides is 1. The van der Waals surface area contributed by atoms with Crippen LogP contribution in [0, 0.1) is 0 Å². The molecule has 2 aromatic rings. The fourth-order valence-electron chi connectivity index (χ4n) is 1.15. The summed E-state index contributed by atoms with van der Waals surface area (Å²) in [6.07, 6.45) is 1.42. The normalized spacial score (nSPS) is 10.1. The summed E-state index contributed by atoms with van der Waals surface area (Å²) in [7, 11) is 0. The number of rotatable bonds is 3. The summed E-state index contributed by atoms with van der Waals surface area (Å²) in [4.78, 5) is 11.6. The highest BCUT2D eigenvalue weighted by atomic mass is 32.1. The molecule has 1 amide bonds. The highest BCUT2D eigenvalue weighted by Crippen LogP contribution is 2.10. The third-order valence-corrected chi connectivity index (χ3v) is 2.47. The van der Waals surface area contributed by atoms with E-state index in [4.69, 9.17) is 5.11 Å². The summed E-state index contributed by atoms with van der Waals surface area (Å²) in [6, 6.07) is 6.94. The average molecular weight is 235 g/mol. The Morgan fingerprint density at radius 1 is 1.38 bits per heavy atom.